The number of carbonyl (C=O) groups excluding carboxylic acids is 1. The van der Waals surface area contributed by atoms with Crippen LogP contribution in [0.4, 0.5) is 18.0 Å². The Morgan fingerprint density at radius 2 is 2.25 bits per heavy atom. The molecule has 1 N–H and O–H groups in total. The number of aromatic nitrogens is 4. The number of hydrogen-bond donors (Lipinski definition) is 1. The van der Waals surface area contributed by atoms with Gasteiger partial charge in [-0.05, 0) is 6.42 Å². The van der Waals surface area contributed by atoms with Crippen molar-refractivity contribution in [2.75, 3.05) is 13.7 Å². The molecule has 0 aliphatic carbocycles. The lowest BCUT2D eigenvalue weighted by atomic mass is 10.1. The molecule has 2 rings (SSSR count). The van der Waals surface area contributed by atoms with Gasteiger partial charge in [0.2, 0.25) is 0 Å². The van der Waals surface area contributed by atoms with Crippen LogP contribution in [0.5, 0.6) is 0 Å². The number of carbonyl (C=O) groups is 1. The molecule has 0 aliphatic rings. The SMILES string of the molecule is COC(=O)NCCc1cn2cnnc2nc1C(F)(F)F. The average molecular weight is 289 g/mol. The molecule has 0 bridgehead atoms. The second-order valence-electron chi connectivity index (χ2n) is 3.82. The summed E-state index contributed by atoms with van der Waals surface area (Å²) in [6.07, 6.45) is -2.87. The van der Waals surface area contributed by atoms with Crippen LogP contribution < -0.4 is 5.32 Å². The average Bonchev–Trinajstić information content (AvgIpc) is 2.83. The molecule has 0 saturated carbocycles. The summed E-state index contributed by atoms with van der Waals surface area (Å²) in [4.78, 5) is 14.3. The van der Waals surface area contributed by atoms with Crippen LogP contribution in [0, 0.1) is 0 Å². The van der Waals surface area contributed by atoms with Crippen molar-refractivity contribution in [3.8, 4) is 0 Å². The third kappa shape index (κ3) is 2.95. The third-order valence-electron chi connectivity index (χ3n) is 2.48. The van der Waals surface area contributed by atoms with Crippen LogP contribution in [-0.2, 0) is 17.3 Å². The Morgan fingerprint density at radius 1 is 1.50 bits per heavy atom. The highest BCUT2D eigenvalue weighted by Gasteiger charge is 2.36. The van der Waals surface area contributed by atoms with Crippen molar-refractivity contribution in [2.24, 2.45) is 0 Å². The summed E-state index contributed by atoms with van der Waals surface area (Å²) in [6, 6.07) is 0. The molecular weight excluding hydrogens is 279 g/mol. The molecule has 0 aliphatic heterocycles. The minimum Gasteiger partial charge on any atom is -0.453 e. The molecule has 0 spiro atoms. The number of methoxy groups -OCH3 is 1. The van der Waals surface area contributed by atoms with E-state index in [4.69, 9.17) is 0 Å². The molecule has 2 aromatic heterocycles. The van der Waals surface area contributed by atoms with Crippen LogP contribution in [0.1, 0.15) is 11.3 Å². The van der Waals surface area contributed by atoms with E-state index in [1.54, 1.807) is 0 Å². The van der Waals surface area contributed by atoms with Crippen molar-refractivity contribution < 1.29 is 22.7 Å². The molecular formula is C10H10F3N5O2. The van der Waals surface area contributed by atoms with Crippen molar-refractivity contribution in [1.82, 2.24) is 24.9 Å². The number of rotatable bonds is 3. The van der Waals surface area contributed by atoms with E-state index in [0.717, 1.165) is 0 Å². The first-order chi connectivity index (χ1) is 9.41. The normalized spacial score (nSPS) is 11.6. The van der Waals surface area contributed by atoms with E-state index in [0.29, 0.717) is 0 Å². The van der Waals surface area contributed by atoms with E-state index < -0.39 is 18.0 Å². The fourth-order valence-electron chi connectivity index (χ4n) is 1.61. The number of alkyl halides is 3. The molecule has 0 unspecified atom stereocenters. The van der Waals surface area contributed by atoms with Crippen molar-refractivity contribution in [3.05, 3.63) is 23.8 Å². The Labute approximate surface area is 110 Å². The quantitative estimate of drug-likeness (QED) is 0.913. The third-order valence-corrected chi connectivity index (χ3v) is 2.48. The van der Waals surface area contributed by atoms with E-state index in [9.17, 15) is 18.0 Å². The smallest absolute Gasteiger partial charge is 0.433 e. The van der Waals surface area contributed by atoms with Gasteiger partial charge in [-0.3, -0.25) is 4.40 Å². The van der Waals surface area contributed by atoms with Gasteiger partial charge in [-0.25, -0.2) is 9.78 Å². The largest absolute Gasteiger partial charge is 0.453 e. The second-order valence-corrected chi connectivity index (χ2v) is 3.82. The Hall–Kier alpha value is -2.39. The molecule has 0 atom stereocenters. The number of ether oxygens (including phenoxy) is 1. The summed E-state index contributed by atoms with van der Waals surface area (Å²) in [5.74, 6) is -0.137. The molecule has 10 heteroatoms. The molecule has 7 nitrogen and oxygen atoms in total. The van der Waals surface area contributed by atoms with Gasteiger partial charge in [0.1, 0.15) is 6.33 Å². The van der Waals surface area contributed by atoms with E-state index >= 15 is 0 Å². The summed E-state index contributed by atoms with van der Waals surface area (Å²) in [5.41, 5.74) is -1.11. The zero-order chi connectivity index (χ0) is 14.8. The maximum atomic E-state index is 12.9. The highest BCUT2D eigenvalue weighted by molar-refractivity contribution is 5.66. The van der Waals surface area contributed by atoms with Crippen molar-refractivity contribution >= 4 is 11.9 Å². The number of nitrogens with zero attached hydrogens (tertiary/aromatic N) is 4. The van der Waals surface area contributed by atoms with Crippen molar-refractivity contribution in [1.29, 1.82) is 0 Å². The van der Waals surface area contributed by atoms with Crippen LogP contribution in [0.25, 0.3) is 5.78 Å². The van der Waals surface area contributed by atoms with E-state index in [2.05, 4.69) is 25.2 Å². The van der Waals surface area contributed by atoms with E-state index in [1.165, 1.54) is 24.0 Å². The van der Waals surface area contributed by atoms with Crippen molar-refractivity contribution in [2.45, 2.75) is 12.6 Å². The Morgan fingerprint density at radius 3 is 2.90 bits per heavy atom. The summed E-state index contributed by atoms with van der Waals surface area (Å²) < 4.78 is 44.3. The number of hydrogen-bond acceptors (Lipinski definition) is 5. The number of amides is 1. The fourth-order valence-corrected chi connectivity index (χ4v) is 1.61. The first-order valence-corrected chi connectivity index (χ1v) is 5.50. The standard InChI is InChI=1S/C10H10F3N5O2/c1-20-9(19)14-3-2-6-4-18-5-15-17-8(18)16-7(6)10(11,12)13/h4-5H,2-3H2,1H3,(H,14,19). The lowest BCUT2D eigenvalue weighted by Gasteiger charge is -2.12. The molecule has 2 heterocycles. The predicted octanol–water partition coefficient (Wildman–Crippen LogP) is 1.04. The monoisotopic (exact) mass is 289 g/mol. The van der Waals surface area contributed by atoms with Gasteiger partial charge in [0.25, 0.3) is 5.78 Å². The molecule has 2 aromatic rings. The molecule has 0 aromatic carbocycles. The molecule has 0 radical (unpaired) electrons. The Bertz CT molecular complexity index is 625. The summed E-state index contributed by atoms with van der Waals surface area (Å²) in [6.45, 7) is -0.00886. The minimum absolute atomic E-state index is 0.00886. The molecule has 0 saturated heterocycles. The molecule has 108 valence electrons. The predicted molar refractivity (Wildman–Crippen MR) is 59.9 cm³/mol. The minimum atomic E-state index is -4.60. The van der Waals surface area contributed by atoms with Gasteiger partial charge in [-0.1, -0.05) is 0 Å². The Balaban J connectivity index is 2.27. The first kappa shape index (κ1) is 14.0. The number of nitrogens with one attached hydrogen (secondary N) is 1. The van der Waals surface area contributed by atoms with Crippen molar-refractivity contribution in [3.63, 3.8) is 0 Å². The van der Waals surface area contributed by atoms with Gasteiger partial charge in [-0.2, -0.15) is 13.2 Å². The van der Waals surface area contributed by atoms with Gasteiger partial charge >= 0.3 is 12.3 Å². The van der Waals surface area contributed by atoms with E-state index in [-0.39, 0.29) is 24.3 Å². The maximum absolute atomic E-state index is 12.9. The van der Waals surface area contributed by atoms with Crippen LogP contribution in [0.2, 0.25) is 0 Å². The zero-order valence-corrected chi connectivity index (χ0v) is 10.3. The molecule has 1 amide bonds. The van der Waals surface area contributed by atoms with Gasteiger partial charge in [-0.15, -0.1) is 10.2 Å². The van der Waals surface area contributed by atoms with Gasteiger partial charge in [0.05, 0.1) is 7.11 Å². The van der Waals surface area contributed by atoms with Crippen LogP contribution in [0.3, 0.4) is 0 Å². The lowest BCUT2D eigenvalue weighted by Crippen LogP contribution is -2.26. The van der Waals surface area contributed by atoms with Gasteiger partial charge in [0, 0.05) is 18.3 Å². The first-order valence-electron chi connectivity index (χ1n) is 5.50. The summed E-state index contributed by atoms with van der Waals surface area (Å²) >= 11 is 0. The molecule has 0 fully saturated rings. The number of fused-ring (bicyclic) bond motifs is 1. The maximum Gasteiger partial charge on any atom is 0.433 e. The highest BCUT2D eigenvalue weighted by Crippen LogP contribution is 2.30. The Kier molecular flexibility index (Phi) is 3.72. The lowest BCUT2D eigenvalue weighted by molar-refractivity contribution is -0.141. The second kappa shape index (κ2) is 5.31. The zero-order valence-electron chi connectivity index (χ0n) is 10.3. The fraction of sp³-hybridized carbons (Fsp3) is 0.400. The topological polar surface area (TPSA) is 81.4 Å². The van der Waals surface area contributed by atoms with Crippen LogP contribution in [-0.4, -0.2) is 39.3 Å². The summed E-state index contributed by atoms with van der Waals surface area (Å²) in [5, 5.41) is 9.25. The van der Waals surface area contributed by atoms with Crippen LogP contribution in [0.15, 0.2) is 12.5 Å². The number of alkyl carbamates (subject to hydrolysis) is 1. The molecule has 20 heavy (non-hydrogen) atoms. The van der Waals surface area contributed by atoms with Gasteiger partial charge in [0.15, 0.2) is 5.69 Å². The number of halogens is 3. The van der Waals surface area contributed by atoms with Crippen LogP contribution >= 0.6 is 0 Å². The van der Waals surface area contributed by atoms with Gasteiger partial charge < -0.3 is 10.1 Å². The summed E-state index contributed by atoms with van der Waals surface area (Å²) in [7, 11) is 1.17. The highest BCUT2D eigenvalue weighted by atomic mass is 19.4. The van der Waals surface area contributed by atoms with E-state index in [1.807, 2.05) is 0 Å².